The zero-order valence-electron chi connectivity index (χ0n) is 11.7. The van der Waals surface area contributed by atoms with Crippen LogP contribution in [0.1, 0.15) is 23.6 Å². The Morgan fingerprint density at radius 2 is 1.86 bits per heavy atom. The van der Waals surface area contributed by atoms with Crippen molar-refractivity contribution in [1.82, 2.24) is 10.2 Å². The van der Waals surface area contributed by atoms with Crippen LogP contribution in [-0.4, -0.2) is 31.1 Å². The molecule has 0 aliphatic carbocycles. The van der Waals surface area contributed by atoms with Gasteiger partial charge in [0.15, 0.2) is 11.6 Å². The first kappa shape index (κ1) is 20.1. The number of piperazine rings is 1. The minimum atomic E-state index is -0.821. The Labute approximate surface area is 136 Å². The van der Waals surface area contributed by atoms with Crippen LogP contribution in [0.15, 0.2) is 12.1 Å². The molecule has 1 atom stereocenters. The van der Waals surface area contributed by atoms with Gasteiger partial charge >= 0.3 is 0 Å². The van der Waals surface area contributed by atoms with Gasteiger partial charge in [-0.15, -0.1) is 24.8 Å². The molecule has 2 rings (SSSR count). The summed E-state index contributed by atoms with van der Waals surface area (Å²) >= 11 is 0. The standard InChI is InChI=1S/C14H17F2N3.2ClH/c1-10-2-3-11(14(16)13(10)15)12(4-5-17)19-8-6-18-7-9-19;;/h2-3,12,18H,4,6-9H2,1H3;2*1H/t12-;;/m1../s1. The first-order valence-corrected chi connectivity index (χ1v) is 6.41. The average molecular weight is 338 g/mol. The largest absolute Gasteiger partial charge is 0.314 e. The van der Waals surface area contributed by atoms with Gasteiger partial charge in [-0.2, -0.15) is 5.26 Å². The Bertz CT molecular complexity index is 500. The normalized spacial score (nSPS) is 16.3. The molecule has 1 aliphatic rings. The second-order valence-corrected chi connectivity index (χ2v) is 4.76. The lowest BCUT2D eigenvalue weighted by Gasteiger charge is -2.34. The Hall–Kier alpha value is -0.930. The molecule has 1 heterocycles. The van der Waals surface area contributed by atoms with E-state index in [9.17, 15) is 8.78 Å². The van der Waals surface area contributed by atoms with Crippen LogP contribution in [0.5, 0.6) is 0 Å². The van der Waals surface area contributed by atoms with Crippen LogP contribution in [0.4, 0.5) is 8.78 Å². The van der Waals surface area contributed by atoms with Gasteiger partial charge < -0.3 is 5.32 Å². The lowest BCUT2D eigenvalue weighted by atomic mass is 9.99. The van der Waals surface area contributed by atoms with Crippen LogP contribution < -0.4 is 5.32 Å². The summed E-state index contributed by atoms with van der Waals surface area (Å²) in [6, 6.07) is 4.87. The zero-order chi connectivity index (χ0) is 13.8. The maximum absolute atomic E-state index is 14.1. The van der Waals surface area contributed by atoms with Crippen molar-refractivity contribution in [3.63, 3.8) is 0 Å². The van der Waals surface area contributed by atoms with Crippen molar-refractivity contribution in [1.29, 1.82) is 5.26 Å². The highest BCUT2D eigenvalue weighted by atomic mass is 35.5. The number of halogens is 4. The third-order valence-electron chi connectivity index (χ3n) is 3.54. The molecule has 3 nitrogen and oxygen atoms in total. The third-order valence-corrected chi connectivity index (χ3v) is 3.54. The summed E-state index contributed by atoms with van der Waals surface area (Å²) in [6.07, 6.45) is 0.166. The average Bonchev–Trinajstić information content (AvgIpc) is 2.44. The molecular weight excluding hydrogens is 319 g/mol. The monoisotopic (exact) mass is 337 g/mol. The van der Waals surface area contributed by atoms with E-state index in [-0.39, 0.29) is 48.4 Å². The highest BCUT2D eigenvalue weighted by Gasteiger charge is 2.26. The van der Waals surface area contributed by atoms with E-state index in [2.05, 4.69) is 11.4 Å². The summed E-state index contributed by atoms with van der Waals surface area (Å²) in [6.45, 7) is 4.62. The zero-order valence-corrected chi connectivity index (χ0v) is 13.4. The molecule has 0 unspecified atom stereocenters. The second kappa shape index (κ2) is 9.16. The van der Waals surface area contributed by atoms with Crippen molar-refractivity contribution in [2.45, 2.75) is 19.4 Å². The minimum absolute atomic E-state index is 0. The Kier molecular flexibility index (Phi) is 8.76. The maximum Gasteiger partial charge on any atom is 0.163 e. The lowest BCUT2D eigenvalue weighted by molar-refractivity contribution is 0.171. The summed E-state index contributed by atoms with van der Waals surface area (Å²) in [4.78, 5) is 2.03. The molecule has 21 heavy (non-hydrogen) atoms. The van der Waals surface area contributed by atoms with E-state index in [1.54, 1.807) is 12.1 Å². The molecule has 0 amide bonds. The molecule has 0 bridgehead atoms. The van der Waals surface area contributed by atoms with Crippen LogP contribution in [-0.2, 0) is 0 Å². The third kappa shape index (κ3) is 4.52. The molecule has 1 N–H and O–H groups in total. The Morgan fingerprint density at radius 1 is 1.24 bits per heavy atom. The van der Waals surface area contributed by atoms with Gasteiger partial charge in [-0.25, -0.2) is 8.78 Å². The van der Waals surface area contributed by atoms with E-state index in [1.807, 2.05) is 4.90 Å². The number of nitrogens with one attached hydrogen (secondary N) is 1. The summed E-state index contributed by atoms with van der Waals surface area (Å²) in [5.74, 6) is -1.63. The van der Waals surface area contributed by atoms with E-state index in [0.29, 0.717) is 0 Å². The van der Waals surface area contributed by atoms with Gasteiger partial charge in [-0.05, 0) is 12.5 Å². The van der Waals surface area contributed by atoms with Crippen LogP contribution in [0.25, 0.3) is 0 Å². The fourth-order valence-corrected chi connectivity index (χ4v) is 2.43. The first-order valence-electron chi connectivity index (χ1n) is 6.41. The molecule has 1 fully saturated rings. The van der Waals surface area contributed by atoms with Gasteiger partial charge in [0.1, 0.15) is 0 Å². The van der Waals surface area contributed by atoms with Crippen molar-refractivity contribution in [2.75, 3.05) is 26.2 Å². The number of nitrogens with zero attached hydrogens (tertiary/aromatic N) is 2. The van der Waals surface area contributed by atoms with Crippen molar-refractivity contribution in [2.24, 2.45) is 0 Å². The van der Waals surface area contributed by atoms with E-state index in [1.165, 1.54) is 6.92 Å². The molecular formula is C14H19Cl2F2N3. The molecule has 0 aromatic heterocycles. The van der Waals surface area contributed by atoms with Gasteiger partial charge in [0.25, 0.3) is 0 Å². The van der Waals surface area contributed by atoms with Gasteiger partial charge in [0, 0.05) is 31.7 Å². The summed E-state index contributed by atoms with van der Waals surface area (Å²) in [5, 5.41) is 12.1. The van der Waals surface area contributed by atoms with Crippen LogP contribution >= 0.6 is 24.8 Å². The molecule has 1 aromatic rings. The number of benzene rings is 1. The second-order valence-electron chi connectivity index (χ2n) is 4.76. The molecule has 7 heteroatoms. The predicted octanol–water partition coefficient (Wildman–Crippen LogP) is 2.98. The summed E-state index contributed by atoms with van der Waals surface area (Å²) in [7, 11) is 0. The van der Waals surface area contributed by atoms with Crippen molar-refractivity contribution in [3.05, 3.63) is 34.9 Å². The SMILES string of the molecule is Cc1ccc([C@@H](CC#N)N2CCNCC2)c(F)c1F.Cl.Cl. The number of nitriles is 1. The number of rotatable bonds is 3. The summed E-state index contributed by atoms with van der Waals surface area (Å²) < 4.78 is 27.7. The van der Waals surface area contributed by atoms with Gasteiger partial charge in [-0.3, -0.25) is 4.90 Å². The molecule has 1 saturated heterocycles. The Balaban J connectivity index is 0.00000200. The number of hydrogen-bond acceptors (Lipinski definition) is 3. The van der Waals surface area contributed by atoms with Gasteiger partial charge in [-0.1, -0.05) is 12.1 Å². The fraction of sp³-hybridized carbons (Fsp3) is 0.500. The van der Waals surface area contributed by atoms with E-state index in [4.69, 9.17) is 5.26 Å². The highest BCUT2D eigenvalue weighted by molar-refractivity contribution is 5.85. The van der Waals surface area contributed by atoms with E-state index >= 15 is 0 Å². The smallest absolute Gasteiger partial charge is 0.163 e. The van der Waals surface area contributed by atoms with Gasteiger partial charge in [0.2, 0.25) is 0 Å². The van der Waals surface area contributed by atoms with Crippen LogP contribution in [0.2, 0.25) is 0 Å². The number of hydrogen-bond donors (Lipinski definition) is 1. The molecule has 1 aliphatic heterocycles. The van der Waals surface area contributed by atoms with Crippen LogP contribution in [0.3, 0.4) is 0 Å². The van der Waals surface area contributed by atoms with E-state index < -0.39 is 11.6 Å². The van der Waals surface area contributed by atoms with Crippen LogP contribution in [0, 0.1) is 29.9 Å². The summed E-state index contributed by atoms with van der Waals surface area (Å²) in [5.41, 5.74) is 0.573. The highest BCUT2D eigenvalue weighted by Crippen LogP contribution is 2.28. The molecule has 1 aromatic carbocycles. The maximum atomic E-state index is 14.1. The lowest BCUT2D eigenvalue weighted by Crippen LogP contribution is -2.45. The minimum Gasteiger partial charge on any atom is -0.314 e. The molecule has 0 saturated carbocycles. The van der Waals surface area contributed by atoms with Gasteiger partial charge in [0.05, 0.1) is 18.5 Å². The predicted molar refractivity (Wildman–Crippen MR) is 83.0 cm³/mol. The fourth-order valence-electron chi connectivity index (χ4n) is 2.43. The molecule has 0 spiro atoms. The molecule has 0 radical (unpaired) electrons. The Morgan fingerprint density at radius 3 is 2.43 bits per heavy atom. The van der Waals surface area contributed by atoms with Crippen molar-refractivity contribution < 1.29 is 8.78 Å². The van der Waals surface area contributed by atoms with Crippen molar-refractivity contribution >= 4 is 24.8 Å². The van der Waals surface area contributed by atoms with E-state index in [0.717, 1.165) is 26.2 Å². The van der Waals surface area contributed by atoms with Crippen molar-refractivity contribution in [3.8, 4) is 6.07 Å². The first-order chi connectivity index (χ1) is 9.15. The quantitative estimate of drug-likeness (QED) is 0.921. The molecule has 118 valence electrons. The number of aryl methyl sites for hydroxylation is 1. The topological polar surface area (TPSA) is 39.1 Å².